The fraction of sp³-hybridized carbons (Fsp3) is 0.531. The lowest BCUT2D eigenvalue weighted by Crippen LogP contribution is -2.31. The summed E-state index contributed by atoms with van der Waals surface area (Å²) in [5.41, 5.74) is 3.91. The molecule has 0 spiro atoms. The summed E-state index contributed by atoms with van der Waals surface area (Å²) >= 11 is 0. The molecule has 0 saturated carbocycles. The van der Waals surface area contributed by atoms with Crippen molar-refractivity contribution in [3.05, 3.63) is 65.0 Å². The number of aryl methyl sites for hydroxylation is 1. The van der Waals surface area contributed by atoms with Crippen LogP contribution in [0.3, 0.4) is 0 Å². The zero-order valence-corrected chi connectivity index (χ0v) is 30.9. The normalized spacial score (nSPS) is 18.2. The molecule has 0 bridgehead atoms. The number of benzene rings is 2. The Bertz CT molecular complexity index is 1540. The first-order valence-corrected chi connectivity index (χ1v) is 24.7. The predicted octanol–water partition coefficient (Wildman–Crippen LogP) is 7.46. The summed E-state index contributed by atoms with van der Waals surface area (Å²) in [5, 5.41) is 11.7. The van der Waals surface area contributed by atoms with Crippen LogP contribution in [0.4, 0.5) is 4.79 Å². The zero-order chi connectivity index (χ0) is 33.9. The summed E-state index contributed by atoms with van der Waals surface area (Å²) in [5.74, 6) is 0.205. The van der Waals surface area contributed by atoms with Crippen molar-refractivity contribution in [2.45, 2.75) is 89.2 Å². The highest BCUT2D eigenvalue weighted by Crippen LogP contribution is 2.63. The first-order chi connectivity index (χ1) is 21.5. The highest BCUT2D eigenvalue weighted by molar-refractivity contribution is 8.23. The van der Waals surface area contributed by atoms with E-state index in [-0.39, 0.29) is 25.8 Å². The van der Waals surface area contributed by atoms with Crippen LogP contribution >= 0.6 is 10.8 Å². The van der Waals surface area contributed by atoms with Crippen LogP contribution in [-0.2, 0) is 27.4 Å². The Morgan fingerprint density at radius 2 is 1.65 bits per heavy atom. The molecule has 2 aromatic carbocycles. The Morgan fingerprint density at radius 1 is 1.02 bits per heavy atom. The highest BCUT2D eigenvalue weighted by atomic mass is 32.3. The molecule has 0 aliphatic carbocycles. The molecule has 1 aliphatic rings. The molecule has 2 atom stereocenters. The van der Waals surface area contributed by atoms with Crippen LogP contribution in [0.1, 0.15) is 40.2 Å². The van der Waals surface area contributed by atoms with Gasteiger partial charge in [0.05, 0.1) is 23.5 Å². The lowest BCUT2D eigenvalue weighted by Gasteiger charge is -2.41. The number of fused-ring (bicyclic) bond motifs is 1. The van der Waals surface area contributed by atoms with Gasteiger partial charge >= 0.3 is 6.09 Å². The highest BCUT2D eigenvalue weighted by Gasteiger charge is 2.46. The van der Waals surface area contributed by atoms with E-state index in [1.165, 1.54) is 0 Å². The Balaban J connectivity index is 1.55. The molecule has 1 fully saturated rings. The van der Waals surface area contributed by atoms with Crippen LogP contribution in [0.25, 0.3) is 11.0 Å². The molecule has 4 rings (SSSR count). The lowest BCUT2D eigenvalue weighted by molar-refractivity contribution is -0.128. The number of rotatable bonds is 15. The van der Waals surface area contributed by atoms with Crippen molar-refractivity contribution in [3.8, 4) is 0 Å². The number of para-hydroxylation sites is 2. The van der Waals surface area contributed by atoms with Gasteiger partial charge in [0.25, 0.3) is 0 Å². The second-order valence-electron chi connectivity index (χ2n) is 14.5. The average Bonchev–Trinajstić information content (AvgIpc) is 3.41. The number of hydrogen-bond donors (Lipinski definition) is 4. The maximum Gasteiger partial charge on any atom is 0.405 e. The van der Waals surface area contributed by atoms with E-state index in [9.17, 15) is 23.8 Å². The minimum absolute atomic E-state index is 0.0230. The fourth-order valence-corrected chi connectivity index (χ4v) is 8.87. The maximum atomic E-state index is 12.9. The number of hydrogen-bond acceptors (Lipinski definition) is 7. The molecule has 1 saturated heterocycles. The second kappa shape index (κ2) is 14.6. The Labute approximate surface area is 275 Å². The molecule has 254 valence electrons. The van der Waals surface area contributed by atoms with E-state index in [0.717, 1.165) is 38.6 Å². The van der Waals surface area contributed by atoms with Crippen molar-refractivity contribution >= 4 is 50.0 Å². The second-order valence-corrected chi connectivity index (χ2v) is 27.9. The van der Waals surface area contributed by atoms with Crippen LogP contribution in [0, 0.1) is 6.92 Å². The van der Waals surface area contributed by atoms with E-state index in [2.05, 4.69) is 44.6 Å². The largest absolute Gasteiger partial charge is 0.465 e. The van der Waals surface area contributed by atoms with Gasteiger partial charge in [0.2, 0.25) is 5.91 Å². The third-order valence-electron chi connectivity index (χ3n) is 8.18. The third-order valence-corrected chi connectivity index (χ3v) is 13.7. The Kier molecular flexibility index (Phi) is 11.4. The number of ether oxygens (including phenoxy) is 2. The summed E-state index contributed by atoms with van der Waals surface area (Å²) in [7, 11) is -6.07. The molecular weight excluding hydrogens is 641 g/mol. The van der Waals surface area contributed by atoms with E-state index in [1.807, 2.05) is 54.0 Å². The summed E-state index contributed by atoms with van der Waals surface area (Å²) in [6.45, 7) is 16.6. The molecule has 0 radical (unpaired) electrons. The molecule has 14 heteroatoms. The van der Waals surface area contributed by atoms with Gasteiger partial charge < -0.3 is 24.5 Å². The van der Waals surface area contributed by atoms with E-state index in [1.54, 1.807) is 0 Å². The third kappa shape index (κ3) is 9.21. The number of carbonyl (C=O) groups excluding carboxylic acids is 1. The summed E-state index contributed by atoms with van der Waals surface area (Å²) in [6.07, 6.45) is -0.880. The average molecular weight is 691 g/mol. The van der Waals surface area contributed by atoms with E-state index >= 15 is 0 Å². The van der Waals surface area contributed by atoms with Gasteiger partial charge in [-0.2, -0.15) is 0 Å². The number of aromatic nitrogens is 2. The molecule has 2 amide bonds. The Morgan fingerprint density at radius 3 is 2.26 bits per heavy atom. The molecule has 3 aromatic rings. The SMILES string of the molecule is Cc1cc(C[C@H](NC(=O)O)c2nc3ccccc3n2COCC[Si](C)(C)C)ccc1C1CC(=O)N(COCC[Si](C)(C)C)S1(O)O. The minimum atomic E-state index is -3.45. The standard InChI is InChI=1S/C32H50N4O7SSi2/c1-23-18-24(12-13-25(23)29-20-30(37)36(44(29,40)41)22-43-15-17-46(5,6)7)19-27(34-32(38)39)31-33-26-10-8-9-11-28(26)35(31)21-42-14-16-45(2,3)4/h8-13,18,27,29,34,40-41H,14-17,19-22H2,1-7H3,(H,38,39)/t27-,29?/m0/s1. The van der Waals surface area contributed by atoms with Gasteiger partial charge in [0.15, 0.2) is 0 Å². The smallest absolute Gasteiger partial charge is 0.405 e. The number of amides is 2. The van der Waals surface area contributed by atoms with Crippen molar-refractivity contribution in [3.63, 3.8) is 0 Å². The van der Waals surface area contributed by atoms with Crippen LogP contribution in [0.2, 0.25) is 51.4 Å². The molecule has 11 nitrogen and oxygen atoms in total. The molecular formula is C32H50N4O7SSi2. The van der Waals surface area contributed by atoms with E-state index in [0.29, 0.717) is 31.0 Å². The Hall–Kier alpha value is -2.73. The van der Waals surface area contributed by atoms with Crippen molar-refractivity contribution in [2.24, 2.45) is 0 Å². The van der Waals surface area contributed by atoms with Crippen molar-refractivity contribution in [1.29, 1.82) is 0 Å². The quantitative estimate of drug-likeness (QED) is 0.0950. The minimum Gasteiger partial charge on any atom is -0.465 e. The van der Waals surface area contributed by atoms with Crippen LogP contribution in [0.5, 0.6) is 0 Å². The lowest BCUT2D eigenvalue weighted by atomic mass is 9.97. The first-order valence-electron chi connectivity index (χ1n) is 15.7. The van der Waals surface area contributed by atoms with Gasteiger partial charge in [-0.25, -0.2) is 14.1 Å². The number of nitrogens with zero attached hydrogens (tertiary/aromatic N) is 3. The van der Waals surface area contributed by atoms with Gasteiger partial charge in [-0.15, -0.1) is 10.8 Å². The molecule has 4 N–H and O–H groups in total. The summed E-state index contributed by atoms with van der Waals surface area (Å²) < 4.78 is 37.2. The first kappa shape index (κ1) is 36.1. The zero-order valence-electron chi connectivity index (χ0n) is 28.1. The summed E-state index contributed by atoms with van der Waals surface area (Å²) in [6, 6.07) is 14.5. The molecule has 1 aliphatic heterocycles. The maximum absolute atomic E-state index is 12.9. The molecule has 2 heterocycles. The number of carbonyl (C=O) groups is 2. The summed E-state index contributed by atoms with van der Waals surface area (Å²) in [4.78, 5) is 29.7. The van der Waals surface area contributed by atoms with E-state index in [4.69, 9.17) is 14.5 Å². The molecule has 46 heavy (non-hydrogen) atoms. The van der Waals surface area contributed by atoms with Crippen LogP contribution in [0.15, 0.2) is 42.5 Å². The topological polar surface area (TPSA) is 146 Å². The van der Waals surface area contributed by atoms with Gasteiger partial charge in [-0.3, -0.25) is 13.9 Å². The van der Waals surface area contributed by atoms with Gasteiger partial charge in [0, 0.05) is 35.8 Å². The van der Waals surface area contributed by atoms with Crippen molar-refractivity contribution < 1.29 is 33.3 Å². The van der Waals surface area contributed by atoms with Gasteiger partial charge in [-0.1, -0.05) is 69.6 Å². The molecule has 1 unspecified atom stereocenters. The number of imidazole rings is 1. The number of carboxylic acid groups (broad SMARTS) is 1. The van der Waals surface area contributed by atoms with Gasteiger partial charge in [-0.05, 0) is 47.8 Å². The van der Waals surface area contributed by atoms with E-state index < -0.39 is 44.3 Å². The van der Waals surface area contributed by atoms with Crippen LogP contribution < -0.4 is 5.32 Å². The number of nitrogens with one attached hydrogen (secondary N) is 1. The van der Waals surface area contributed by atoms with Gasteiger partial charge in [0.1, 0.15) is 24.5 Å². The monoisotopic (exact) mass is 690 g/mol. The predicted molar refractivity (Wildman–Crippen MR) is 189 cm³/mol. The fourth-order valence-electron chi connectivity index (χ4n) is 5.48. The molecule has 1 aromatic heterocycles. The van der Waals surface area contributed by atoms with Crippen molar-refractivity contribution in [1.82, 2.24) is 19.2 Å². The van der Waals surface area contributed by atoms with Crippen molar-refractivity contribution in [2.75, 3.05) is 19.9 Å². The van der Waals surface area contributed by atoms with Crippen LogP contribution in [-0.4, -0.2) is 76.2 Å².